The monoisotopic (exact) mass is 216 g/mol. The normalized spacial score (nSPS) is 23.1. The zero-order valence-corrected chi connectivity index (χ0v) is 9.75. The summed E-state index contributed by atoms with van der Waals surface area (Å²) < 4.78 is 5.46. The predicted octanol–water partition coefficient (Wildman–Crippen LogP) is 0.725. The van der Waals surface area contributed by atoms with Gasteiger partial charge in [0.05, 0.1) is 13.5 Å². The Balaban J connectivity index is 2.02. The van der Waals surface area contributed by atoms with Gasteiger partial charge in [-0.2, -0.15) is 0 Å². The van der Waals surface area contributed by atoms with Crippen molar-refractivity contribution in [1.82, 2.24) is 0 Å². The van der Waals surface area contributed by atoms with Crippen LogP contribution in [0, 0.1) is 5.92 Å². The Hall–Kier alpha value is -1.31. The first-order valence-electron chi connectivity index (χ1n) is 6.13. The molecule has 1 N–H and O–H groups in total. The second-order valence-corrected chi connectivity index (χ2v) is 4.77. The van der Waals surface area contributed by atoms with E-state index in [2.05, 4.69) is 23.2 Å². The van der Waals surface area contributed by atoms with Gasteiger partial charge in [0.25, 0.3) is 0 Å². The van der Waals surface area contributed by atoms with Crippen LogP contribution in [0.3, 0.4) is 0 Å². The summed E-state index contributed by atoms with van der Waals surface area (Å²) in [7, 11) is 1.77. The summed E-state index contributed by atoms with van der Waals surface area (Å²) in [6.45, 7) is 1.16. The van der Waals surface area contributed by atoms with Crippen molar-refractivity contribution in [3.8, 4) is 5.75 Å². The molecule has 0 amide bonds. The van der Waals surface area contributed by atoms with Crippen LogP contribution in [0.25, 0.3) is 0 Å². The highest BCUT2D eigenvalue weighted by atomic mass is 16.5. The second kappa shape index (κ2) is 3.93. The van der Waals surface area contributed by atoms with Crippen LogP contribution in [0.15, 0.2) is 18.2 Å². The lowest BCUT2D eigenvalue weighted by Crippen LogP contribution is -2.77. The van der Waals surface area contributed by atoms with Gasteiger partial charge in [0.15, 0.2) is 5.71 Å². The third kappa shape index (κ3) is 1.53. The number of rotatable bonds is 1. The van der Waals surface area contributed by atoms with Crippen molar-refractivity contribution in [2.75, 3.05) is 13.7 Å². The number of benzene rings is 1. The molecule has 1 atom stereocenters. The minimum absolute atomic E-state index is 0.734. The van der Waals surface area contributed by atoms with Gasteiger partial charge in [0.1, 0.15) is 12.3 Å². The molecule has 0 aromatic heterocycles. The zero-order chi connectivity index (χ0) is 11.0. The molecule has 1 aromatic carbocycles. The summed E-state index contributed by atoms with van der Waals surface area (Å²) >= 11 is 0. The van der Waals surface area contributed by atoms with Crippen LogP contribution in [-0.4, -0.2) is 19.4 Å². The van der Waals surface area contributed by atoms with Gasteiger partial charge in [0, 0.05) is 12.3 Å². The first kappa shape index (κ1) is 9.88. The molecule has 0 radical (unpaired) electrons. The fraction of sp³-hybridized carbons (Fsp3) is 0.500. The largest absolute Gasteiger partial charge is 0.496 e. The van der Waals surface area contributed by atoms with Crippen LogP contribution in [-0.2, 0) is 12.8 Å². The minimum Gasteiger partial charge on any atom is -0.496 e. The Kier molecular flexibility index (Phi) is 2.43. The number of ether oxygens (including phenoxy) is 1. The fourth-order valence-electron chi connectivity index (χ4n) is 3.00. The molecule has 1 aliphatic carbocycles. The molecule has 2 aliphatic rings. The molecule has 0 fully saturated rings. The lowest BCUT2D eigenvalue weighted by molar-refractivity contribution is -0.467. The van der Waals surface area contributed by atoms with Gasteiger partial charge >= 0.3 is 0 Å². The number of methoxy groups -OCH3 is 1. The maximum atomic E-state index is 5.46. The van der Waals surface area contributed by atoms with E-state index in [0.29, 0.717) is 0 Å². The molecule has 0 spiro atoms. The van der Waals surface area contributed by atoms with Crippen molar-refractivity contribution >= 4 is 5.71 Å². The van der Waals surface area contributed by atoms with Crippen LogP contribution in [0.2, 0.25) is 0 Å². The number of nitrogens with one attached hydrogen (secondary N) is 1. The fourth-order valence-corrected chi connectivity index (χ4v) is 3.00. The Bertz CT molecular complexity index is 436. The van der Waals surface area contributed by atoms with Crippen molar-refractivity contribution in [2.24, 2.45) is 5.92 Å². The van der Waals surface area contributed by atoms with E-state index in [1.165, 1.54) is 24.0 Å². The summed E-state index contributed by atoms with van der Waals surface area (Å²) in [4.78, 5) is 3.58. The quantitative estimate of drug-likeness (QED) is 0.735. The SMILES string of the molecule is COc1cccc2c1CC1CCC[NH+]=C1C2. The average Bonchev–Trinajstić information content (AvgIpc) is 2.35. The Labute approximate surface area is 96.3 Å². The lowest BCUT2D eigenvalue weighted by Gasteiger charge is -2.26. The molecule has 2 heteroatoms. The van der Waals surface area contributed by atoms with Gasteiger partial charge in [-0.3, -0.25) is 0 Å². The summed E-state index contributed by atoms with van der Waals surface area (Å²) in [6, 6.07) is 6.42. The molecular weight excluding hydrogens is 198 g/mol. The van der Waals surface area contributed by atoms with E-state index >= 15 is 0 Å². The standard InChI is InChI=1S/C14H17NO/c1-16-14-6-2-4-10-9-13-11(8-12(10)14)5-3-7-15-13/h2,4,6,11H,3,5,7-9H2,1H3/p+1. The summed E-state index contributed by atoms with van der Waals surface area (Å²) in [5, 5.41) is 0. The molecule has 84 valence electrons. The molecule has 0 bridgehead atoms. The minimum atomic E-state index is 0.734. The van der Waals surface area contributed by atoms with Crippen LogP contribution in [0.1, 0.15) is 24.0 Å². The molecule has 1 heterocycles. The highest BCUT2D eigenvalue weighted by Gasteiger charge is 2.31. The van der Waals surface area contributed by atoms with E-state index in [4.69, 9.17) is 4.74 Å². The number of hydrogen-bond acceptors (Lipinski definition) is 1. The number of hydrogen-bond donors (Lipinski definition) is 1. The van der Waals surface area contributed by atoms with E-state index in [0.717, 1.165) is 31.1 Å². The van der Waals surface area contributed by atoms with E-state index in [-0.39, 0.29) is 0 Å². The highest BCUT2D eigenvalue weighted by Crippen LogP contribution is 2.32. The molecule has 2 nitrogen and oxygen atoms in total. The molecule has 0 saturated carbocycles. The zero-order valence-electron chi connectivity index (χ0n) is 9.75. The molecule has 1 aliphatic heterocycles. The molecule has 1 unspecified atom stereocenters. The molecule has 16 heavy (non-hydrogen) atoms. The van der Waals surface area contributed by atoms with Crippen molar-refractivity contribution in [1.29, 1.82) is 0 Å². The smallest absolute Gasteiger partial charge is 0.158 e. The van der Waals surface area contributed by atoms with Crippen molar-refractivity contribution in [3.63, 3.8) is 0 Å². The van der Waals surface area contributed by atoms with Crippen LogP contribution in [0.4, 0.5) is 0 Å². The van der Waals surface area contributed by atoms with E-state index < -0.39 is 0 Å². The molecule has 3 rings (SSSR count). The van der Waals surface area contributed by atoms with Gasteiger partial charge in [0.2, 0.25) is 0 Å². The van der Waals surface area contributed by atoms with Crippen LogP contribution < -0.4 is 9.73 Å². The predicted molar refractivity (Wildman–Crippen MR) is 64.0 cm³/mol. The third-order valence-electron chi connectivity index (χ3n) is 3.86. The van der Waals surface area contributed by atoms with Gasteiger partial charge in [-0.25, -0.2) is 4.99 Å². The van der Waals surface area contributed by atoms with Gasteiger partial charge in [-0.15, -0.1) is 0 Å². The highest BCUT2D eigenvalue weighted by molar-refractivity contribution is 5.86. The van der Waals surface area contributed by atoms with Gasteiger partial charge < -0.3 is 4.74 Å². The van der Waals surface area contributed by atoms with E-state index in [1.807, 2.05) is 0 Å². The lowest BCUT2D eigenvalue weighted by atomic mass is 9.78. The summed E-state index contributed by atoms with van der Waals surface area (Å²) in [5.74, 6) is 1.81. The van der Waals surface area contributed by atoms with E-state index in [1.54, 1.807) is 12.8 Å². The van der Waals surface area contributed by atoms with Crippen molar-refractivity contribution < 1.29 is 9.73 Å². The Morgan fingerprint density at radius 3 is 3.19 bits per heavy atom. The maximum absolute atomic E-state index is 5.46. The number of fused-ring (bicyclic) bond motifs is 2. The first-order valence-corrected chi connectivity index (χ1v) is 6.13. The van der Waals surface area contributed by atoms with Crippen LogP contribution >= 0.6 is 0 Å². The van der Waals surface area contributed by atoms with Crippen molar-refractivity contribution in [3.05, 3.63) is 29.3 Å². The summed E-state index contributed by atoms with van der Waals surface area (Å²) in [5.41, 5.74) is 4.43. The first-order chi connectivity index (χ1) is 7.88. The van der Waals surface area contributed by atoms with Gasteiger partial charge in [-0.05, 0) is 30.0 Å². The van der Waals surface area contributed by atoms with E-state index in [9.17, 15) is 0 Å². The van der Waals surface area contributed by atoms with Gasteiger partial charge in [-0.1, -0.05) is 12.1 Å². The maximum Gasteiger partial charge on any atom is 0.158 e. The Morgan fingerprint density at radius 1 is 1.38 bits per heavy atom. The Morgan fingerprint density at radius 2 is 2.31 bits per heavy atom. The molecule has 1 aromatic rings. The second-order valence-electron chi connectivity index (χ2n) is 4.77. The molecular formula is C14H18NO+. The molecule has 0 saturated heterocycles. The topological polar surface area (TPSA) is 23.2 Å². The van der Waals surface area contributed by atoms with Crippen LogP contribution in [0.5, 0.6) is 5.75 Å². The van der Waals surface area contributed by atoms with Crippen molar-refractivity contribution in [2.45, 2.75) is 25.7 Å². The summed E-state index contributed by atoms with van der Waals surface area (Å²) in [6.07, 6.45) is 4.89. The third-order valence-corrected chi connectivity index (χ3v) is 3.86. The average molecular weight is 216 g/mol.